The van der Waals surface area contributed by atoms with E-state index in [1.165, 1.54) is 12.3 Å². The SMILES string of the molecule is CC(C)(C)c1ccc(=O)n(CCN2CCCCC2CNC(=O)c2cc[nH]c(=O)c2)n1. The van der Waals surface area contributed by atoms with Crippen LogP contribution in [0.15, 0.2) is 40.1 Å². The number of pyridine rings is 1. The molecule has 3 heterocycles. The molecule has 1 amide bonds. The van der Waals surface area contributed by atoms with Crippen LogP contribution in [0, 0.1) is 0 Å². The van der Waals surface area contributed by atoms with Crippen LogP contribution in [0.4, 0.5) is 0 Å². The average Bonchev–Trinajstić information content (AvgIpc) is 2.71. The van der Waals surface area contributed by atoms with E-state index in [0.717, 1.165) is 31.5 Å². The topological polar surface area (TPSA) is 100 Å². The lowest BCUT2D eigenvalue weighted by atomic mass is 9.92. The Hall–Kier alpha value is -2.74. The third-order valence-electron chi connectivity index (χ3n) is 5.52. The standard InChI is InChI=1S/C22H31N5O3/c1-22(2,3)18-7-8-20(29)27(25-18)13-12-26-11-5-4-6-17(26)15-24-21(30)16-9-10-23-19(28)14-16/h7-10,14,17H,4-6,11-13,15H2,1-3H3,(H,23,28)(H,24,30). The summed E-state index contributed by atoms with van der Waals surface area (Å²) in [6.45, 7) is 8.89. The van der Waals surface area contributed by atoms with E-state index in [1.54, 1.807) is 22.9 Å². The van der Waals surface area contributed by atoms with Crippen LogP contribution in [0.2, 0.25) is 0 Å². The van der Waals surface area contributed by atoms with Crippen molar-refractivity contribution in [2.75, 3.05) is 19.6 Å². The summed E-state index contributed by atoms with van der Waals surface area (Å²) in [6, 6.07) is 6.48. The van der Waals surface area contributed by atoms with Gasteiger partial charge in [-0.05, 0) is 31.5 Å². The van der Waals surface area contributed by atoms with Crippen molar-refractivity contribution in [3.05, 3.63) is 62.4 Å². The molecule has 1 aliphatic rings. The van der Waals surface area contributed by atoms with Crippen molar-refractivity contribution in [3.63, 3.8) is 0 Å². The molecule has 0 radical (unpaired) electrons. The van der Waals surface area contributed by atoms with Crippen molar-refractivity contribution in [2.24, 2.45) is 0 Å². The fraction of sp³-hybridized carbons (Fsp3) is 0.545. The van der Waals surface area contributed by atoms with Gasteiger partial charge in [-0.15, -0.1) is 0 Å². The lowest BCUT2D eigenvalue weighted by molar-refractivity contribution is 0.0909. The lowest BCUT2D eigenvalue weighted by Gasteiger charge is -2.35. The maximum absolute atomic E-state index is 12.4. The van der Waals surface area contributed by atoms with Gasteiger partial charge in [0.15, 0.2) is 0 Å². The second-order valence-electron chi connectivity index (χ2n) is 8.87. The van der Waals surface area contributed by atoms with E-state index in [2.05, 4.69) is 41.1 Å². The Morgan fingerprint density at radius 1 is 1.20 bits per heavy atom. The normalized spacial score (nSPS) is 17.6. The Balaban J connectivity index is 1.62. The molecular weight excluding hydrogens is 382 g/mol. The summed E-state index contributed by atoms with van der Waals surface area (Å²) in [7, 11) is 0. The van der Waals surface area contributed by atoms with Crippen molar-refractivity contribution in [1.82, 2.24) is 25.0 Å². The maximum atomic E-state index is 12.4. The molecule has 8 heteroatoms. The van der Waals surface area contributed by atoms with Crippen LogP contribution in [0.1, 0.15) is 56.1 Å². The number of H-pyrrole nitrogens is 1. The van der Waals surface area contributed by atoms with E-state index < -0.39 is 0 Å². The molecule has 0 aromatic carbocycles. The Bertz CT molecular complexity index is 989. The van der Waals surface area contributed by atoms with Gasteiger partial charge >= 0.3 is 0 Å². The number of carbonyl (C=O) groups excluding carboxylic acids is 1. The monoisotopic (exact) mass is 413 g/mol. The minimum Gasteiger partial charge on any atom is -0.350 e. The Morgan fingerprint density at radius 3 is 2.73 bits per heavy atom. The summed E-state index contributed by atoms with van der Waals surface area (Å²) in [6.07, 6.45) is 4.67. The van der Waals surface area contributed by atoms with Gasteiger partial charge in [-0.3, -0.25) is 19.3 Å². The molecule has 1 unspecified atom stereocenters. The molecule has 0 saturated carbocycles. The average molecular weight is 414 g/mol. The molecular formula is C22H31N5O3. The number of aromatic amines is 1. The predicted molar refractivity (Wildman–Crippen MR) is 116 cm³/mol. The Labute approximate surface area is 176 Å². The van der Waals surface area contributed by atoms with Crippen molar-refractivity contribution in [2.45, 2.75) is 58.0 Å². The molecule has 1 saturated heterocycles. The number of likely N-dealkylation sites (tertiary alicyclic amines) is 1. The lowest BCUT2D eigenvalue weighted by Crippen LogP contribution is -2.48. The minimum atomic E-state index is -0.294. The number of nitrogens with zero attached hydrogens (tertiary/aromatic N) is 3. The van der Waals surface area contributed by atoms with Crippen molar-refractivity contribution in [3.8, 4) is 0 Å². The number of nitrogens with one attached hydrogen (secondary N) is 2. The highest BCUT2D eigenvalue weighted by Crippen LogP contribution is 2.19. The van der Waals surface area contributed by atoms with Crippen LogP contribution in [0.5, 0.6) is 0 Å². The number of amides is 1. The zero-order chi connectivity index (χ0) is 21.7. The van der Waals surface area contributed by atoms with E-state index in [4.69, 9.17) is 0 Å². The van der Waals surface area contributed by atoms with Gasteiger partial charge in [-0.2, -0.15) is 5.10 Å². The van der Waals surface area contributed by atoms with Gasteiger partial charge in [0.25, 0.3) is 11.5 Å². The van der Waals surface area contributed by atoms with Crippen LogP contribution in [-0.2, 0) is 12.0 Å². The first-order valence-electron chi connectivity index (χ1n) is 10.5. The first-order valence-corrected chi connectivity index (χ1v) is 10.5. The molecule has 1 aliphatic heterocycles. The van der Waals surface area contributed by atoms with E-state index in [9.17, 15) is 14.4 Å². The third kappa shape index (κ3) is 5.66. The number of rotatable bonds is 6. The molecule has 0 aliphatic carbocycles. The summed E-state index contributed by atoms with van der Waals surface area (Å²) in [5.74, 6) is -0.248. The fourth-order valence-electron chi connectivity index (χ4n) is 3.72. The van der Waals surface area contributed by atoms with E-state index in [0.29, 0.717) is 25.2 Å². The molecule has 1 fully saturated rings. The van der Waals surface area contributed by atoms with Crippen LogP contribution in [0.3, 0.4) is 0 Å². The van der Waals surface area contributed by atoms with Gasteiger partial charge in [-0.1, -0.05) is 27.2 Å². The molecule has 162 valence electrons. The molecule has 2 aromatic heterocycles. The van der Waals surface area contributed by atoms with Crippen LogP contribution >= 0.6 is 0 Å². The molecule has 2 aromatic rings. The summed E-state index contributed by atoms with van der Waals surface area (Å²) < 4.78 is 1.54. The number of aromatic nitrogens is 3. The zero-order valence-corrected chi connectivity index (χ0v) is 18.0. The molecule has 0 bridgehead atoms. The highest BCUT2D eigenvalue weighted by Gasteiger charge is 2.23. The van der Waals surface area contributed by atoms with Gasteiger partial charge in [0.1, 0.15) is 0 Å². The predicted octanol–water partition coefficient (Wildman–Crippen LogP) is 1.51. The van der Waals surface area contributed by atoms with Crippen molar-refractivity contribution >= 4 is 5.91 Å². The highest BCUT2D eigenvalue weighted by atomic mass is 16.2. The van der Waals surface area contributed by atoms with Crippen molar-refractivity contribution < 1.29 is 4.79 Å². The van der Waals surface area contributed by atoms with Crippen LogP contribution in [-0.4, -0.2) is 51.2 Å². The zero-order valence-electron chi connectivity index (χ0n) is 18.0. The summed E-state index contributed by atoms with van der Waals surface area (Å²) in [4.78, 5) is 40.9. The Kier molecular flexibility index (Phi) is 6.87. The molecule has 1 atom stereocenters. The number of carbonyl (C=O) groups is 1. The molecule has 8 nitrogen and oxygen atoms in total. The molecule has 3 rings (SSSR count). The van der Waals surface area contributed by atoms with E-state index in [1.807, 2.05) is 0 Å². The second kappa shape index (κ2) is 9.38. The smallest absolute Gasteiger partial charge is 0.266 e. The van der Waals surface area contributed by atoms with Gasteiger partial charge in [0, 0.05) is 48.4 Å². The maximum Gasteiger partial charge on any atom is 0.266 e. The first kappa shape index (κ1) is 22.0. The van der Waals surface area contributed by atoms with Gasteiger partial charge in [0.05, 0.1) is 12.2 Å². The highest BCUT2D eigenvalue weighted by molar-refractivity contribution is 5.93. The minimum absolute atomic E-state index is 0.0980. The second-order valence-corrected chi connectivity index (χ2v) is 8.87. The molecule has 0 spiro atoms. The molecule has 2 N–H and O–H groups in total. The largest absolute Gasteiger partial charge is 0.350 e. The van der Waals surface area contributed by atoms with Gasteiger partial charge in [0.2, 0.25) is 5.56 Å². The third-order valence-corrected chi connectivity index (χ3v) is 5.52. The summed E-state index contributed by atoms with van der Waals surface area (Å²) in [5, 5.41) is 7.50. The van der Waals surface area contributed by atoms with Gasteiger partial charge in [-0.25, -0.2) is 4.68 Å². The van der Waals surface area contributed by atoms with Crippen LogP contribution in [0.25, 0.3) is 0 Å². The fourth-order valence-corrected chi connectivity index (χ4v) is 3.72. The number of hydrogen-bond acceptors (Lipinski definition) is 5. The van der Waals surface area contributed by atoms with Crippen LogP contribution < -0.4 is 16.4 Å². The molecule has 30 heavy (non-hydrogen) atoms. The first-order chi connectivity index (χ1) is 14.2. The summed E-state index contributed by atoms with van der Waals surface area (Å²) in [5.41, 5.74) is 0.738. The summed E-state index contributed by atoms with van der Waals surface area (Å²) >= 11 is 0. The quantitative estimate of drug-likeness (QED) is 0.748. The van der Waals surface area contributed by atoms with E-state index >= 15 is 0 Å². The number of hydrogen-bond donors (Lipinski definition) is 2. The van der Waals surface area contributed by atoms with E-state index in [-0.39, 0.29) is 28.5 Å². The van der Waals surface area contributed by atoms with Gasteiger partial charge < -0.3 is 10.3 Å². The number of piperidine rings is 1. The van der Waals surface area contributed by atoms with Crippen molar-refractivity contribution in [1.29, 1.82) is 0 Å². The Morgan fingerprint density at radius 2 is 2.00 bits per heavy atom.